The zero-order valence-corrected chi connectivity index (χ0v) is 21.8. The number of carboxylic acids is 2. The van der Waals surface area contributed by atoms with Crippen LogP contribution >= 0.6 is 0 Å². The topological polar surface area (TPSA) is 98.0 Å². The molecule has 3 aromatic carbocycles. The molecule has 0 saturated carbocycles. The average Bonchev–Trinajstić information content (AvgIpc) is 3.27. The van der Waals surface area contributed by atoms with Crippen LogP contribution in [0.4, 0.5) is 0 Å². The summed E-state index contributed by atoms with van der Waals surface area (Å²) < 4.78 is 13.5. The summed E-state index contributed by atoms with van der Waals surface area (Å²) >= 11 is 0. The lowest BCUT2D eigenvalue weighted by atomic mass is 10.0. The lowest BCUT2D eigenvalue weighted by Crippen LogP contribution is -2.02. The molecule has 0 radical (unpaired) electrons. The van der Waals surface area contributed by atoms with Gasteiger partial charge in [-0.15, -0.1) is 0 Å². The Morgan fingerprint density at radius 3 is 2.10 bits per heavy atom. The molecule has 2 N–H and O–H groups in total. The van der Waals surface area contributed by atoms with Crippen molar-refractivity contribution in [2.24, 2.45) is 0 Å². The second kappa shape index (κ2) is 13.9. The van der Waals surface area contributed by atoms with Crippen molar-refractivity contribution in [1.82, 2.24) is 4.57 Å². The second-order valence-corrected chi connectivity index (χ2v) is 9.28. The van der Waals surface area contributed by atoms with Gasteiger partial charge < -0.3 is 24.3 Å². The number of carboxylic acid groups (broad SMARTS) is 2. The number of fused-ring (bicyclic) bond motifs is 1. The summed E-state index contributed by atoms with van der Waals surface area (Å²) in [6.45, 7) is 1.78. The first-order valence-electron chi connectivity index (χ1n) is 13.1. The van der Waals surface area contributed by atoms with Crippen LogP contribution < -0.4 is 9.47 Å². The molecule has 0 amide bonds. The maximum absolute atomic E-state index is 11.5. The number of rotatable bonds is 15. The molecular formula is C32H33NO6. The fourth-order valence-corrected chi connectivity index (χ4v) is 4.45. The Labute approximate surface area is 227 Å². The third-order valence-electron chi connectivity index (χ3n) is 6.30. The Morgan fingerprint density at radius 1 is 0.744 bits per heavy atom. The van der Waals surface area contributed by atoms with Gasteiger partial charge in [-0.25, -0.2) is 0 Å². The number of hydrogen-bond acceptors (Lipinski definition) is 4. The predicted molar refractivity (Wildman–Crippen MR) is 152 cm³/mol. The molecule has 0 fully saturated rings. The monoisotopic (exact) mass is 527 g/mol. The summed E-state index contributed by atoms with van der Waals surface area (Å²) in [4.78, 5) is 22.4. The fraction of sp³-hybridized carbons (Fsp3) is 0.250. The van der Waals surface area contributed by atoms with Crippen molar-refractivity contribution >= 4 is 35.0 Å². The van der Waals surface area contributed by atoms with Gasteiger partial charge >= 0.3 is 11.9 Å². The van der Waals surface area contributed by atoms with Crippen LogP contribution in [0.1, 0.15) is 42.4 Å². The summed E-state index contributed by atoms with van der Waals surface area (Å²) in [5.74, 6) is -0.0616. The molecule has 0 bridgehead atoms. The number of ether oxygens (including phenoxy) is 2. The van der Waals surface area contributed by atoms with E-state index in [9.17, 15) is 14.7 Å². The van der Waals surface area contributed by atoms with Crippen LogP contribution in [-0.2, 0) is 22.6 Å². The largest absolute Gasteiger partial charge is 0.494 e. The quantitative estimate of drug-likeness (QED) is 0.135. The van der Waals surface area contributed by atoms with E-state index in [1.54, 1.807) is 0 Å². The second-order valence-electron chi connectivity index (χ2n) is 9.28. The highest BCUT2D eigenvalue weighted by atomic mass is 16.5. The molecule has 1 aromatic heterocycles. The van der Waals surface area contributed by atoms with Crippen molar-refractivity contribution in [2.45, 2.75) is 38.6 Å². The molecular weight excluding hydrogens is 494 g/mol. The minimum absolute atomic E-state index is 0.0654. The number of unbranched alkanes of at least 4 members (excludes halogenated alkanes) is 1. The van der Waals surface area contributed by atoms with Gasteiger partial charge in [-0.2, -0.15) is 0 Å². The molecule has 0 unspecified atom stereocenters. The van der Waals surface area contributed by atoms with Crippen LogP contribution in [0, 0.1) is 0 Å². The van der Waals surface area contributed by atoms with Crippen molar-refractivity contribution in [3.63, 3.8) is 0 Å². The fourth-order valence-electron chi connectivity index (χ4n) is 4.45. The SMILES string of the molecule is O=C(O)CCCn1cc(CC(=O)O)c2c(/C=C/c3ccc(OCCCCOc4ccccc4)cc3)cccc21. The molecule has 4 rings (SSSR count). The molecule has 7 nitrogen and oxygen atoms in total. The van der Waals surface area contributed by atoms with Crippen LogP contribution in [0.15, 0.2) is 79.0 Å². The van der Waals surface area contributed by atoms with Crippen molar-refractivity contribution < 1.29 is 29.3 Å². The third-order valence-corrected chi connectivity index (χ3v) is 6.30. The van der Waals surface area contributed by atoms with E-state index >= 15 is 0 Å². The molecule has 0 saturated heterocycles. The number of aryl methyl sites for hydroxylation is 1. The van der Waals surface area contributed by atoms with Gasteiger partial charge in [-0.3, -0.25) is 9.59 Å². The Kier molecular flexibility index (Phi) is 9.78. The molecule has 0 aliphatic carbocycles. The van der Waals surface area contributed by atoms with Crippen LogP contribution in [0.3, 0.4) is 0 Å². The number of carbonyl (C=O) groups is 2. The van der Waals surface area contributed by atoms with Gasteiger partial charge in [0.15, 0.2) is 0 Å². The van der Waals surface area contributed by atoms with E-state index in [1.165, 1.54) is 0 Å². The highest BCUT2D eigenvalue weighted by Gasteiger charge is 2.14. The van der Waals surface area contributed by atoms with Crippen LogP contribution in [0.5, 0.6) is 11.5 Å². The molecule has 0 aliphatic rings. The van der Waals surface area contributed by atoms with Gasteiger partial charge in [0, 0.05) is 30.1 Å². The molecule has 202 valence electrons. The first-order valence-corrected chi connectivity index (χ1v) is 13.1. The Morgan fingerprint density at radius 2 is 1.44 bits per heavy atom. The Hall–Kier alpha value is -4.52. The number of aliphatic carboxylic acids is 2. The van der Waals surface area contributed by atoms with E-state index < -0.39 is 11.9 Å². The van der Waals surface area contributed by atoms with E-state index in [2.05, 4.69) is 0 Å². The van der Waals surface area contributed by atoms with E-state index in [1.807, 2.05) is 95.7 Å². The number of benzene rings is 3. The smallest absolute Gasteiger partial charge is 0.307 e. The van der Waals surface area contributed by atoms with E-state index in [0.717, 1.165) is 46.4 Å². The first-order chi connectivity index (χ1) is 19.0. The van der Waals surface area contributed by atoms with Gasteiger partial charge in [0.05, 0.1) is 19.6 Å². The molecule has 0 atom stereocenters. The predicted octanol–water partition coefficient (Wildman–Crippen LogP) is 6.54. The molecule has 0 spiro atoms. The minimum atomic E-state index is -0.905. The highest BCUT2D eigenvalue weighted by Crippen LogP contribution is 2.28. The van der Waals surface area contributed by atoms with Crippen LogP contribution in [0.25, 0.3) is 23.1 Å². The molecule has 39 heavy (non-hydrogen) atoms. The number of aromatic nitrogens is 1. The maximum atomic E-state index is 11.5. The van der Waals surface area contributed by atoms with Crippen molar-refractivity contribution in [1.29, 1.82) is 0 Å². The van der Waals surface area contributed by atoms with Gasteiger partial charge in [-0.05, 0) is 66.3 Å². The Balaban J connectivity index is 1.36. The summed E-state index contributed by atoms with van der Waals surface area (Å²) in [6, 6.07) is 23.5. The zero-order chi connectivity index (χ0) is 27.5. The summed E-state index contributed by atoms with van der Waals surface area (Å²) in [5.41, 5.74) is 3.53. The lowest BCUT2D eigenvalue weighted by molar-refractivity contribution is -0.137. The van der Waals surface area contributed by atoms with Crippen molar-refractivity contribution in [2.75, 3.05) is 13.2 Å². The summed E-state index contributed by atoms with van der Waals surface area (Å²) in [7, 11) is 0. The van der Waals surface area contributed by atoms with E-state index in [4.69, 9.17) is 14.6 Å². The van der Waals surface area contributed by atoms with E-state index in [0.29, 0.717) is 31.7 Å². The summed E-state index contributed by atoms with van der Waals surface area (Å²) in [5, 5.41) is 19.3. The van der Waals surface area contributed by atoms with Crippen molar-refractivity contribution in [3.8, 4) is 11.5 Å². The number of nitrogens with zero attached hydrogens (tertiary/aromatic N) is 1. The standard InChI is InChI=1S/C32H33NO6/c34-30(35)12-7-19-33-23-26(22-31(36)37)32-25(8-6-11-29(32)33)16-13-24-14-17-28(18-15-24)39-21-5-4-20-38-27-9-2-1-3-10-27/h1-3,6,8-11,13-18,23H,4-5,7,12,19-22H2,(H,34,35)(H,36,37)/b16-13+. The van der Waals surface area contributed by atoms with Crippen LogP contribution in [0.2, 0.25) is 0 Å². The highest BCUT2D eigenvalue weighted by molar-refractivity contribution is 5.96. The number of para-hydroxylation sites is 1. The first kappa shape index (κ1) is 27.5. The maximum Gasteiger partial charge on any atom is 0.307 e. The minimum Gasteiger partial charge on any atom is -0.494 e. The molecule has 1 heterocycles. The van der Waals surface area contributed by atoms with Crippen molar-refractivity contribution in [3.05, 3.63) is 95.7 Å². The molecule has 7 heteroatoms. The zero-order valence-electron chi connectivity index (χ0n) is 21.8. The molecule has 4 aromatic rings. The molecule has 0 aliphatic heterocycles. The van der Waals surface area contributed by atoms with Gasteiger partial charge in [0.2, 0.25) is 0 Å². The average molecular weight is 528 g/mol. The summed E-state index contributed by atoms with van der Waals surface area (Å²) in [6.07, 6.45) is 8.05. The Bertz CT molecular complexity index is 1410. The van der Waals surface area contributed by atoms with Gasteiger partial charge in [0.1, 0.15) is 11.5 Å². The van der Waals surface area contributed by atoms with Gasteiger partial charge in [-0.1, -0.05) is 54.6 Å². The third kappa shape index (κ3) is 8.23. The lowest BCUT2D eigenvalue weighted by Gasteiger charge is -2.08. The number of hydrogen-bond donors (Lipinski definition) is 2. The van der Waals surface area contributed by atoms with E-state index in [-0.39, 0.29) is 12.8 Å². The normalized spacial score (nSPS) is 11.2. The van der Waals surface area contributed by atoms with Gasteiger partial charge in [0.25, 0.3) is 0 Å². The van der Waals surface area contributed by atoms with Crippen LogP contribution in [-0.4, -0.2) is 39.9 Å².